The molecule has 2 N–H and O–H groups in total. The van der Waals surface area contributed by atoms with Crippen molar-refractivity contribution in [1.82, 2.24) is 4.98 Å². The molecule has 3 aromatic rings. The number of phenols is 1. The normalized spacial score (nSPS) is 10.8. The Morgan fingerprint density at radius 3 is 2.65 bits per heavy atom. The molecule has 0 saturated heterocycles. The van der Waals surface area contributed by atoms with Crippen molar-refractivity contribution in [3.8, 4) is 17.0 Å². The molecule has 100 valence electrons. The molecule has 2 aromatic carbocycles. The van der Waals surface area contributed by atoms with Crippen molar-refractivity contribution in [2.24, 2.45) is 0 Å². The van der Waals surface area contributed by atoms with Gasteiger partial charge in [-0.05, 0) is 12.1 Å². The van der Waals surface area contributed by atoms with Gasteiger partial charge in [0.2, 0.25) is 0 Å². The molecule has 0 unspecified atom stereocenters. The van der Waals surface area contributed by atoms with Crippen molar-refractivity contribution in [1.29, 1.82) is 0 Å². The fourth-order valence-electron chi connectivity index (χ4n) is 2.13. The van der Waals surface area contributed by atoms with E-state index in [1.165, 1.54) is 6.07 Å². The summed E-state index contributed by atoms with van der Waals surface area (Å²) in [6, 6.07) is 11.5. The van der Waals surface area contributed by atoms with E-state index < -0.39 is 4.92 Å². The Morgan fingerprint density at radius 1 is 1.20 bits per heavy atom. The number of nitrogens with zero attached hydrogens (tertiary/aromatic N) is 1. The molecule has 0 atom stereocenters. The van der Waals surface area contributed by atoms with E-state index in [0.29, 0.717) is 21.6 Å². The van der Waals surface area contributed by atoms with Crippen LogP contribution >= 0.6 is 11.6 Å². The summed E-state index contributed by atoms with van der Waals surface area (Å²) in [5, 5.41) is 21.7. The zero-order valence-corrected chi connectivity index (χ0v) is 10.9. The predicted molar refractivity (Wildman–Crippen MR) is 77.1 cm³/mol. The van der Waals surface area contributed by atoms with E-state index in [4.69, 9.17) is 11.6 Å². The lowest BCUT2D eigenvalue weighted by molar-refractivity contribution is -0.384. The standard InChI is InChI=1S/C14H9ClN2O3/c15-11-4-2-1-3-9(11)13-7-10-12(16-13)5-8(17(19)20)6-14(10)18/h1-7,16,18H. The summed E-state index contributed by atoms with van der Waals surface area (Å²) in [5.74, 6) is -0.135. The van der Waals surface area contributed by atoms with E-state index in [1.54, 1.807) is 12.1 Å². The Bertz CT molecular complexity index is 826. The van der Waals surface area contributed by atoms with Crippen LogP contribution in [-0.2, 0) is 0 Å². The van der Waals surface area contributed by atoms with E-state index in [0.717, 1.165) is 11.6 Å². The van der Waals surface area contributed by atoms with Crippen LogP contribution in [0.25, 0.3) is 22.2 Å². The molecule has 0 bridgehead atoms. The first-order valence-electron chi connectivity index (χ1n) is 5.81. The maximum atomic E-state index is 10.8. The summed E-state index contributed by atoms with van der Waals surface area (Å²) in [6.07, 6.45) is 0. The van der Waals surface area contributed by atoms with Crippen LogP contribution in [0.4, 0.5) is 5.69 Å². The van der Waals surface area contributed by atoms with Gasteiger partial charge in [0, 0.05) is 27.7 Å². The number of non-ortho nitro benzene ring substituents is 1. The number of hydrogen-bond donors (Lipinski definition) is 2. The molecule has 0 saturated carbocycles. The molecule has 0 radical (unpaired) electrons. The average Bonchev–Trinajstić information content (AvgIpc) is 2.83. The van der Waals surface area contributed by atoms with Gasteiger partial charge in [-0.15, -0.1) is 0 Å². The van der Waals surface area contributed by atoms with Crippen LogP contribution in [0.2, 0.25) is 5.02 Å². The third-order valence-electron chi connectivity index (χ3n) is 3.08. The quantitative estimate of drug-likeness (QED) is 0.550. The molecule has 0 fully saturated rings. The van der Waals surface area contributed by atoms with Crippen LogP contribution in [0.3, 0.4) is 0 Å². The van der Waals surface area contributed by atoms with Crippen LogP contribution in [0.5, 0.6) is 5.75 Å². The molecular weight excluding hydrogens is 280 g/mol. The molecular formula is C14H9ClN2O3. The Balaban J connectivity index is 2.23. The van der Waals surface area contributed by atoms with Gasteiger partial charge in [-0.3, -0.25) is 10.1 Å². The second-order valence-electron chi connectivity index (χ2n) is 4.35. The fraction of sp³-hybridized carbons (Fsp3) is 0. The number of H-pyrrole nitrogens is 1. The molecule has 6 heteroatoms. The lowest BCUT2D eigenvalue weighted by atomic mass is 10.1. The van der Waals surface area contributed by atoms with Crippen molar-refractivity contribution in [2.45, 2.75) is 0 Å². The van der Waals surface area contributed by atoms with E-state index in [9.17, 15) is 15.2 Å². The molecule has 1 heterocycles. The highest BCUT2D eigenvalue weighted by molar-refractivity contribution is 6.33. The van der Waals surface area contributed by atoms with Gasteiger partial charge in [0.25, 0.3) is 5.69 Å². The molecule has 1 aromatic heterocycles. The SMILES string of the molecule is O=[N+]([O-])c1cc(O)c2cc(-c3ccccc3Cl)[nH]c2c1. The molecule has 5 nitrogen and oxygen atoms in total. The fourth-order valence-corrected chi connectivity index (χ4v) is 2.37. The molecule has 3 rings (SSSR count). The second-order valence-corrected chi connectivity index (χ2v) is 4.75. The van der Waals surface area contributed by atoms with Gasteiger partial charge < -0.3 is 10.1 Å². The molecule has 0 aliphatic carbocycles. The predicted octanol–water partition coefficient (Wildman–Crippen LogP) is 4.10. The number of phenolic OH excluding ortho intramolecular Hbond substituents is 1. The molecule has 0 aliphatic heterocycles. The maximum Gasteiger partial charge on any atom is 0.275 e. The van der Waals surface area contributed by atoms with Crippen molar-refractivity contribution in [3.63, 3.8) is 0 Å². The largest absolute Gasteiger partial charge is 0.507 e. The highest BCUT2D eigenvalue weighted by Gasteiger charge is 2.14. The lowest BCUT2D eigenvalue weighted by Gasteiger charge is -1.99. The van der Waals surface area contributed by atoms with Crippen molar-refractivity contribution >= 4 is 28.2 Å². The third-order valence-corrected chi connectivity index (χ3v) is 3.41. The number of aromatic nitrogens is 1. The van der Waals surface area contributed by atoms with Gasteiger partial charge in [0.05, 0.1) is 16.5 Å². The number of halogens is 1. The topological polar surface area (TPSA) is 79.2 Å². The zero-order valence-electron chi connectivity index (χ0n) is 10.1. The first kappa shape index (κ1) is 12.5. The van der Waals surface area contributed by atoms with Crippen LogP contribution < -0.4 is 0 Å². The number of nitrogens with one attached hydrogen (secondary N) is 1. The minimum atomic E-state index is -0.546. The third kappa shape index (κ3) is 1.98. The number of nitro groups is 1. The van der Waals surface area contributed by atoms with Gasteiger partial charge in [0.15, 0.2) is 0 Å². The smallest absolute Gasteiger partial charge is 0.275 e. The summed E-state index contributed by atoms with van der Waals surface area (Å²) < 4.78 is 0. The van der Waals surface area contributed by atoms with Crippen LogP contribution in [0, 0.1) is 10.1 Å². The Hall–Kier alpha value is -2.53. The highest BCUT2D eigenvalue weighted by atomic mass is 35.5. The first-order chi connectivity index (χ1) is 9.56. The molecule has 0 amide bonds. The zero-order chi connectivity index (χ0) is 14.3. The number of rotatable bonds is 2. The van der Waals surface area contributed by atoms with Gasteiger partial charge >= 0.3 is 0 Å². The summed E-state index contributed by atoms with van der Waals surface area (Å²) in [5.41, 5.74) is 1.79. The van der Waals surface area contributed by atoms with Crippen molar-refractivity contribution in [3.05, 3.63) is 57.6 Å². The maximum absolute atomic E-state index is 10.8. The number of hydrogen-bond acceptors (Lipinski definition) is 3. The highest BCUT2D eigenvalue weighted by Crippen LogP contribution is 2.35. The van der Waals surface area contributed by atoms with E-state index >= 15 is 0 Å². The second kappa shape index (κ2) is 4.54. The molecule has 0 aliphatic rings. The minimum absolute atomic E-state index is 0.135. The molecule has 20 heavy (non-hydrogen) atoms. The summed E-state index contributed by atoms with van der Waals surface area (Å²) in [6.45, 7) is 0. The van der Waals surface area contributed by atoms with Gasteiger partial charge in [-0.25, -0.2) is 0 Å². The minimum Gasteiger partial charge on any atom is -0.507 e. The average molecular weight is 289 g/mol. The van der Waals surface area contributed by atoms with Crippen molar-refractivity contribution in [2.75, 3.05) is 0 Å². The number of fused-ring (bicyclic) bond motifs is 1. The van der Waals surface area contributed by atoms with E-state index in [2.05, 4.69) is 4.98 Å². The van der Waals surface area contributed by atoms with Crippen molar-refractivity contribution < 1.29 is 10.0 Å². The van der Waals surface area contributed by atoms with Crippen LogP contribution in [0.15, 0.2) is 42.5 Å². The first-order valence-corrected chi connectivity index (χ1v) is 6.19. The van der Waals surface area contributed by atoms with Gasteiger partial charge in [0.1, 0.15) is 5.75 Å². The monoisotopic (exact) mass is 288 g/mol. The van der Waals surface area contributed by atoms with Crippen LogP contribution in [-0.4, -0.2) is 15.0 Å². The Labute approximate surface area is 118 Å². The number of nitro benzene ring substituents is 1. The van der Waals surface area contributed by atoms with Gasteiger partial charge in [-0.2, -0.15) is 0 Å². The van der Waals surface area contributed by atoms with E-state index in [1.807, 2.05) is 18.2 Å². The summed E-state index contributed by atoms with van der Waals surface area (Å²) in [7, 11) is 0. The summed E-state index contributed by atoms with van der Waals surface area (Å²) >= 11 is 6.12. The molecule has 0 spiro atoms. The Morgan fingerprint density at radius 2 is 1.95 bits per heavy atom. The summed E-state index contributed by atoms with van der Waals surface area (Å²) in [4.78, 5) is 13.3. The Kier molecular flexibility index (Phi) is 2.84. The number of aromatic amines is 1. The van der Waals surface area contributed by atoms with E-state index in [-0.39, 0.29) is 11.4 Å². The number of benzene rings is 2. The number of aromatic hydroxyl groups is 1. The lowest BCUT2D eigenvalue weighted by Crippen LogP contribution is -1.87. The van der Waals surface area contributed by atoms with Crippen LogP contribution in [0.1, 0.15) is 0 Å². The van der Waals surface area contributed by atoms with Gasteiger partial charge in [-0.1, -0.05) is 29.8 Å².